The van der Waals surface area contributed by atoms with E-state index in [9.17, 15) is 0 Å². The van der Waals surface area contributed by atoms with Gasteiger partial charge in [0.1, 0.15) is 0 Å². The molecular formula is C19H31N. The normalized spacial score (nSPS) is 17.6. The lowest BCUT2D eigenvalue weighted by atomic mass is 9.85. The van der Waals surface area contributed by atoms with E-state index in [1.54, 1.807) is 0 Å². The van der Waals surface area contributed by atoms with Crippen molar-refractivity contribution in [2.24, 2.45) is 11.8 Å². The van der Waals surface area contributed by atoms with Gasteiger partial charge in [-0.25, -0.2) is 0 Å². The molecule has 0 heterocycles. The van der Waals surface area contributed by atoms with Crippen molar-refractivity contribution in [3.05, 3.63) is 34.9 Å². The molecule has 0 saturated heterocycles. The molecule has 0 aliphatic heterocycles. The third-order valence-corrected chi connectivity index (χ3v) is 4.68. The molecule has 1 saturated carbocycles. The standard InChI is InChI=1S/C19H31N/c1-4-9-20-14-19(18-7-5-6-8-18)13-17-11-15(2)10-16(3)12-17/h10-12,18-20H,4-9,13-14H2,1-3H3. The summed E-state index contributed by atoms with van der Waals surface area (Å²) in [4.78, 5) is 0. The van der Waals surface area contributed by atoms with Crippen LogP contribution < -0.4 is 5.32 Å². The fourth-order valence-electron chi connectivity index (χ4n) is 3.79. The molecule has 1 fully saturated rings. The molecule has 1 aliphatic rings. The molecule has 0 aromatic heterocycles. The van der Waals surface area contributed by atoms with Gasteiger partial charge in [0.25, 0.3) is 0 Å². The molecule has 1 N–H and O–H groups in total. The minimum Gasteiger partial charge on any atom is -0.316 e. The van der Waals surface area contributed by atoms with Crippen LogP contribution in [0, 0.1) is 25.7 Å². The van der Waals surface area contributed by atoms with Crippen LogP contribution in [0.5, 0.6) is 0 Å². The zero-order valence-electron chi connectivity index (χ0n) is 13.5. The van der Waals surface area contributed by atoms with Crippen molar-refractivity contribution in [2.75, 3.05) is 13.1 Å². The monoisotopic (exact) mass is 273 g/mol. The maximum atomic E-state index is 3.66. The van der Waals surface area contributed by atoms with Crippen molar-refractivity contribution >= 4 is 0 Å². The molecule has 2 rings (SSSR count). The van der Waals surface area contributed by atoms with Crippen molar-refractivity contribution in [1.82, 2.24) is 5.32 Å². The van der Waals surface area contributed by atoms with E-state index < -0.39 is 0 Å². The van der Waals surface area contributed by atoms with Gasteiger partial charge in [-0.2, -0.15) is 0 Å². The van der Waals surface area contributed by atoms with Gasteiger partial charge < -0.3 is 5.32 Å². The highest BCUT2D eigenvalue weighted by molar-refractivity contribution is 5.28. The second kappa shape index (κ2) is 7.83. The quantitative estimate of drug-likeness (QED) is 0.713. The smallest absolute Gasteiger partial charge is 0.00147 e. The van der Waals surface area contributed by atoms with Crippen LogP contribution in [0.4, 0.5) is 0 Å². The number of rotatable bonds is 7. The topological polar surface area (TPSA) is 12.0 Å². The summed E-state index contributed by atoms with van der Waals surface area (Å²) in [5, 5.41) is 3.66. The first-order valence-electron chi connectivity index (χ1n) is 8.47. The minimum absolute atomic E-state index is 0.824. The predicted octanol–water partition coefficient (Wildman–Crippen LogP) is 4.65. The second-order valence-electron chi connectivity index (χ2n) is 6.71. The van der Waals surface area contributed by atoms with Gasteiger partial charge >= 0.3 is 0 Å². The van der Waals surface area contributed by atoms with Crippen molar-refractivity contribution in [3.63, 3.8) is 0 Å². The van der Waals surface area contributed by atoms with E-state index in [-0.39, 0.29) is 0 Å². The number of benzene rings is 1. The molecule has 1 heteroatoms. The van der Waals surface area contributed by atoms with Crippen molar-refractivity contribution in [1.29, 1.82) is 0 Å². The summed E-state index contributed by atoms with van der Waals surface area (Å²) in [7, 11) is 0. The molecule has 0 bridgehead atoms. The maximum Gasteiger partial charge on any atom is -0.00147 e. The molecule has 112 valence electrons. The lowest BCUT2D eigenvalue weighted by molar-refractivity contribution is 0.321. The van der Waals surface area contributed by atoms with Crippen LogP contribution >= 0.6 is 0 Å². The molecule has 0 spiro atoms. The Morgan fingerprint density at radius 2 is 1.75 bits per heavy atom. The summed E-state index contributed by atoms with van der Waals surface area (Å²) >= 11 is 0. The summed E-state index contributed by atoms with van der Waals surface area (Å²) in [6, 6.07) is 7.05. The summed E-state index contributed by atoms with van der Waals surface area (Å²) in [6.45, 7) is 9.05. The SMILES string of the molecule is CCCNCC(Cc1cc(C)cc(C)c1)C1CCCC1. The first-order valence-corrected chi connectivity index (χ1v) is 8.47. The molecule has 1 unspecified atom stereocenters. The predicted molar refractivity (Wildman–Crippen MR) is 88.2 cm³/mol. The van der Waals surface area contributed by atoms with Crippen LogP contribution in [-0.4, -0.2) is 13.1 Å². The van der Waals surface area contributed by atoms with E-state index in [4.69, 9.17) is 0 Å². The Kier molecular flexibility index (Phi) is 6.09. The van der Waals surface area contributed by atoms with Gasteiger partial charge in [-0.1, -0.05) is 61.9 Å². The Morgan fingerprint density at radius 1 is 1.10 bits per heavy atom. The molecule has 1 aromatic carbocycles. The van der Waals surface area contributed by atoms with Crippen LogP contribution in [0.3, 0.4) is 0 Å². The summed E-state index contributed by atoms with van der Waals surface area (Å²) < 4.78 is 0. The van der Waals surface area contributed by atoms with Crippen LogP contribution in [0.1, 0.15) is 55.7 Å². The molecule has 1 atom stereocenters. The first kappa shape index (κ1) is 15.6. The largest absolute Gasteiger partial charge is 0.316 e. The Bertz CT molecular complexity index is 384. The number of hydrogen-bond acceptors (Lipinski definition) is 1. The molecule has 20 heavy (non-hydrogen) atoms. The molecular weight excluding hydrogens is 242 g/mol. The van der Waals surface area contributed by atoms with Gasteiger partial charge in [-0.15, -0.1) is 0 Å². The van der Waals surface area contributed by atoms with E-state index in [0.29, 0.717) is 0 Å². The molecule has 0 radical (unpaired) electrons. The van der Waals surface area contributed by atoms with Crippen LogP contribution in [0.15, 0.2) is 18.2 Å². The minimum atomic E-state index is 0.824. The third-order valence-electron chi connectivity index (χ3n) is 4.68. The van der Waals surface area contributed by atoms with Crippen LogP contribution in [0.2, 0.25) is 0 Å². The van der Waals surface area contributed by atoms with Crippen LogP contribution in [0.25, 0.3) is 0 Å². The van der Waals surface area contributed by atoms with Gasteiger partial charge in [0.2, 0.25) is 0 Å². The highest BCUT2D eigenvalue weighted by Crippen LogP contribution is 2.33. The molecule has 1 aromatic rings. The average Bonchev–Trinajstić information content (AvgIpc) is 2.90. The Balaban J connectivity index is 2.01. The van der Waals surface area contributed by atoms with E-state index in [2.05, 4.69) is 44.3 Å². The number of nitrogens with one attached hydrogen (secondary N) is 1. The fraction of sp³-hybridized carbons (Fsp3) is 0.684. The van der Waals surface area contributed by atoms with Crippen molar-refractivity contribution in [2.45, 2.75) is 59.3 Å². The molecule has 1 nitrogen and oxygen atoms in total. The Labute approximate surface area is 125 Å². The Hall–Kier alpha value is -0.820. The summed E-state index contributed by atoms with van der Waals surface area (Å²) in [6.07, 6.45) is 8.28. The molecule has 1 aliphatic carbocycles. The first-order chi connectivity index (χ1) is 9.69. The van der Waals surface area contributed by atoms with Crippen molar-refractivity contribution in [3.8, 4) is 0 Å². The third kappa shape index (κ3) is 4.63. The zero-order chi connectivity index (χ0) is 14.4. The van der Waals surface area contributed by atoms with E-state index in [1.807, 2.05) is 0 Å². The van der Waals surface area contributed by atoms with Gasteiger partial charge in [0.15, 0.2) is 0 Å². The maximum absolute atomic E-state index is 3.66. The summed E-state index contributed by atoms with van der Waals surface area (Å²) in [5.41, 5.74) is 4.36. The molecule has 0 amide bonds. The highest BCUT2D eigenvalue weighted by Gasteiger charge is 2.24. The van der Waals surface area contributed by atoms with Gasteiger partial charge in [-0.05, 0) is 57.2 Å². The fourth-order valence-corrected chi connectivity index (χ4v) is 3.79. The second-order valence-corrected chi connectivity index (χ2v) is 6.71. The van der Waals surface area contributed by atoms with E-state index >= 15 is 0 Å². The highest BCUT2D eigenvalue weighted by atomic mass is 14.9. The number of aryl methyl sites for hydroxylation is 2. The number of hydrogen-bond donors (Lipinski definition) is 1. The van der Waals surface area contributed by atoms with Crippen LogP contribution in [-0.2, 0) is 6.42 Å². The van der Waals surface area contributed by atoms with E-state index in [1.165, 1.54) is 61.8 Å². The lowest BCUT2D eigenvalue weighted by Crippen LogP contribution is -2.29. The Morgan fingerprint density at radius 3 is 2.35 bits per heavy atom. The average molecular weight is 273 g/mol. The lowest BCUT2D eigenvalue weighted by Gasteiger charge is -2.24. The van der Waals surface area contributed by atoms with Gasteiger partial charge in [-0.3, -0.25) is 0 Å². The van der Waals surface area contributed by atoms with Gasteiger partial charge in [0.05, 0.1) is 0 Å². The van der Waals surface area contributed by atoms with E-state index in [0.717, 1.165) is 18.4 Å². The summed E-state index contributed by atoms with van der Waals surface area (Å²) in [5.74, 6) is 1.77. The zero-order valence-corrected chi connectivity index (χ0v) is 13.5. The van der Waals surface area contributed by atoms with Gasteiger partial charge in [0, 0.05) is 0 Å². The van der Waals surface area contributed by atoms with Crippen molar-refractivity contribution < 1.29 is 0 Å².